The van der Waals surface area contributed by atoms with Crippen LogP contribution in [0.5, 0.6) is 17.2 Å². The fourth-order valence-corrected chi connectivity index (χ4v) is 11.0. The largest absolute Gasteiger partial charge is 0.506 e. The van der Waals surface area contributed by atoms with Gasteiger partial charge in [-0.25, -0.2) is 0 Å². The van der Waals surface area contributed by atoms with E-state index >= 15 is 0 Å². The van der Waals surface area contributed by atoms with Gasteiger partial charge in [0.15, 0.2) is 14.9 Å². The van der Waals surface area contributed by atoms with Crippen LogP contribution in [0.2, 0.25) is 23.2 Å². The molecular weight excluding hydrogens is 848 g/mol. The van der Waals surface area contributed by atoms with Crippen molar-refractivity contribution < 1.29 is 33.3 Å². The van der Waals surface area contributed by atoms with E-state index in [-0.39, 0.29) is 40.9 Å². The van der Waals surface area contributed by atoms with E-state index in [9.17, 15) is 19.5 Å². The third-order valence-corrected chi connectivity index (χ3v) is 19.0. The average molecular weight is 916 g/mol. The van der Waals surface area contributed by atoms with Gasteiger partial charge < -0.3 is 39.4 Å². The maximum atomic E-state index is 14.0. The van der Waals surface area contributed by atoms with Crippen LogP contribution in [0, 0.1) is 5.92 Å². The van der Waals surface area contributed by atoms with E-state index in [0.717, 1.165) is 99.7 Å². The number of nitrogens with zero attached hydrogens (tertiary/aromatic N) is 1. The number of aromatic amines is 1. The zero-order valence-corrected chi connectivity index (χ0v) is 40.2. The first-order valence-corrected chi connectivity index (χ1v) is 26.4. The minimum atomic E-state index is -2.28. The quantitative estimate of drug-likeness (QED) is 0.0434. The number of nitrogens with one attached hydrogen (secondary N) is 3. The molecule has 4 fully saturated rings. The normalized spacial score (nSPS) is 20.1. The maximum absolute atomic E-state index is 14.0. The molecule has 0 spiro atoms. The Bertz CT molecular complexity index is 2330. The van der Waals surface area contributed by atoms with Gasteiger partial charge in [-0.1, -0.05) is 82.0 Å². The van der Waals surface area contributed by atoms with Crippen LogP contribution in [0.3, 0.4) is 0 Å². The van der Waals surface area contributed by atoms with Crippen molar-refractivity contribution in [3.8, 4) is 17.2 Å². The second-order valence-corrected chi connectivity index (χ2v) is 24.7. The number of aromatic hydroxyl groups is 1. The summed E-state index contributed by atoms with van der Waals surface area (Å²) in [6.07, 6.45) is 8.14. The van der Waals surface area contributed by atoms with E-state index in [1.165, 1.54) is 6.07 Å². The third kappa shape index (κ3) is 11.0. The predicted octanol–water partition coefficient (Wildman–Crippen LogP) is 8.72. The second-order valence-electron chi connectivity index (χ2n) is 19.5. The molecule has 1 aromatic heterocycles. The summed E-state index contributed by atoms with van der Waals surface area (Å²) in [6, 6.07) is 18.5. The average Bonchev–Trinajstić information content (AvgIpc) is 3.28. The van der Waals surface area contributed by atoms with Crippen LogP contribution in [0.1, 0.15) is 100 Å². The maximum Gasteiger partial charge on any atom is 0.316 e. The number of esters is 1. The number of fused-ring (bicyclic) bond motifs is 4. The fraction of sp³-hybridized carbons (Fsp3) is 0.540. The first kappa shape index (κ1) is 47.6. The van der Waals surface area contributed by atoms with Crippen molar-refractivity contribution in [2.75, 3.05) is 46.4 Å². The van der Waals surface area contributed by atoms with Crippen LogP contribution >= 0.6 is 11.6 Å². The molecule has 2 bridgehead atoms. The Morgan fingerprint density at radius 1 is 1.02 bits per heavy atom. The molecule has 3 saturated heterocycles. The molecule has 1 aliphatic carbocycles. The number of methoxy groups -OCH3 is 1. The summed E-state index contributed by atoms with van der Waals surface area (Å²) < 4.78 is 25.0. The van der Waals surface area contributed by atoms with Gasteiger partial charge in [0.2, 0.25) is 5.56 Å². The van der Waals surface area contributed by atoms with Gasteiger partial charge >= 0.3 is 5.97 Å². The Hall–Kier alpha value is -4.40. The number of phenols is 1. The third-order valence-electron chi connectivity index (χ3n) is 14.2. The molecule has 12 nitrogen and oxygen atoms in total. The van der Waals surface area contributed by atoms with Gasteiger partial charge in [0.25, 0.3) is 5.91 Å². The Morgan fingerprint density at radius 3 is 2.48 bits per heavy atom. The summed E-state index contributed by atoms with van der Waals surface area (Å²) in [5.74, 6) is 1.05. The Balaban J connectivity index is 0.919. The smallest absolute Gasteiger partial charge is 0.316 e. The highest BCUT2D eigenvalue weighted by atomic mass is 35.5. The Kier molecular flexibility index (Phi) is 15.2. The Labute approximate surface area is 383 Å². The number of carbonyl (C=O) groups is 2. The van der Waals surface area contributed by atoms with Gasteiger partial charge in [0.05, 0.1) is 29.2 Å². The van der Waals surface area contributed by atoms with Crippen molar-refractivity contribution in [1.82, 2.24) is 20.5 Å². The fourth-order valence-electron chi connectivity index (χ4n) is 9.44. The van der Waals surface area contributed by atoms with Gasteiger partial charge in [-0.3, -0.25) is 19.3 Å². The van der Waals surface area contributed by atoms with Crippen molar-refractivity contribution >= 4 is 42.7 Å². The van der Waals surface area contributed by atoms with E-state index in [0.29, 0.717) is 53.0 Å². The van der Waals surface area contributed by atoms with Crippen LogP contribution in [0.15, 0.2) is 65.5 Å². The summed E-state index contributed by atoms with van der Waals surface area (Å²) in [7, 11) is -0.703. The van der Waals surface area contributed by atoms with Gasteiger partial charge in [0, 0.05) is 49.3 Å². The van der Waals surface area contributed by atoms with E-state index in [2.05, 4.69) is 78.6 Å². The number of benzene rings is 3. The minimum Gasteiger partial charge on any atom is -0.506 e. The van der Waals surface area contributed by atoms with Crippen molar-refractivity contribution in [3.05, 3.63) is 98.3 Å². The van der Waals surface area contributed by atoms with E-state index in [1.54, 1.807) is 31.4 Å². The number of H-pyrrole nitrogens is 1. The molecule has 346 valence electrons. The highest BCUT2D eigenvalue weighted by Crippen LogP contribution is 2.44. The Morgan fingerprint density at radius 2 is 1.78 bits per heavy atom. The highest BCUT2D eigenvalue weighted by Gasteiger charge is 2.46. The standard InChI is InChI=1S/C50H67ClN4O8Si/c1-49(2,3)64(5,6)63-43(37-15-17-40(56)47-38(37)16-18-45(57)54-47)30-52-29-35-27-39(51)42(28-41(35)60-4)61-32-46(58)53-23-11-13-33-12-10-14-36(26-33)50(21-8-7-9-22-50)48(59)62-44-31-55-24-19-34(44)20-25-55/h10,12,14-18,26-28,34,43-44,52,56H,7-9,11,13,19-25,29-32H2,1-6H3,(H,53,58)(H,54,57)/t43-,44-/m0/s1. The summed E-state index contributed by atoms with van der Waals surface area (Å²) >= 11 is 6.72. The van der Waals surface area contributed by atoms with Gasteiger partial charge in [-0.2, -0.15) is 0 Å². The first-order valence-electron chi connectivity index (χ1n) is 23.1. The lowest BCUT2D eigenvalue weighted by Crippen LogP contribution is -2.53. The molecule has 4 N–H and O–H groups in total. The van der Waals surface area contributed by atoms with Crippen LogP contribution in [0.4, 0.5) is 0 Å². The lowest BCUT2D eigenvalue weighted by Gasteiger charge is -2.45. The number of carbonyl (C=O) groups excluding carboxylic acids is 2. The molecule has 4 heterocycles. The molecule has 14 heteroatoms. The molecule has 0 unspecified atom stereocenters. The van der Waals surface area contributed by atoms with E-state index in [4.69, 9.17) is 30.2 Å². The zero-order valence-electron chi connectivity index (χ0n) is 38.4. The second kappa shape index (κ2) is 20.4. The summed E-state index contributed by atoms with van der Waals surface area (Å²) in [4.78, 5) is 44.3. The number of phenolic OH excluding ortho intramolecular Hbond substituents is 1. The summed E-state index contributed by atoms with van der Waals surface area (Å²) in [5, 5.41) is 18.1. The van der Waals surface area contributed by atoms with Crippen LogP contribution < -0.4 is 25.7 Å². The number of pyridine rings is 1. The molecule has 0 radical (unpaired) electrons. The SMILES string of the molecule is COc1cc(OCC(=O)NCCCc2cccc(C3(C(=O)O[C@H]4CN5CCC4CC5)CCCCC3)c2)c(Cl)cc1CNC[C@H](O[Si](C)(C)C(C)(C)C)c1ccc(O)c2[nH]c(=O)ccc12. The van der Waals surface area contributed by atoms with Crippen molar-refractivity contribution in [2.45, 2.75) is 121 Å². The van der Waals surface area contributed by atoms with Crippen LogP contribution in [-0.4, -0.2) is 87.7 Å². The van der Waals surface area contributed by atoms with Gasteiger partial charge in [-0.05, 0) is 111 Å². The molecule has 4 aliphatic rings. The van der Waals surface area contributed by atoms with Crippen molar-refractivity contribution in [1.29, 1.82) is 0 Å². The lowest BCUT2D eigenvalue weighted by atomic mass is 9.69. The zero-order chi connectivity index (χ0) is 45.6. The predicted molar refractivity (Wildman–Crippen MR) is 254 cm³/mol. The number of rotatable bonds is 18. The van der Waals surface area contributed by atoms with Crippen LogP contribution in [0.25, 0.3) is 10.9 Å². The van der Waals surface area contributed by atoms with Crippen LogP contribution in [-0.2, 0) is 37.1 Å². The highest BCUT2D eigenvalue weighted by molar-refractivity contribution is 6.74. The monoisotopic (exact) mass is 914 g/mol. The molecular formula is C50H67ClN4O8Si. The molecule has 3 aliphatic heterocycles. The van der Waals surface area contributed by atoms with Gasteiger partial charge in [-0.15, -0.1) is 0 Å². The number of ether oxygens (including phenoxy) is 3. The first-order chi connectivity index (χ1) is 30.6. The van der Waals surface area contributed by atoms with E-state index < -0.39 is 19.8 Å². The number of hydrogen-bond acceptors (Lipinski definition) is 10. The number of aryl methyl sites for hydroxylation is 1. The molecule has 1 amide bonds. The molecule has 3 aromatic carbocycles. The molecule has 4 aromatic rings. The molecule has 8 rings (SSSR count). The number of amides is 1. The number of piperidine rings is 3. The topological polar surface area (TPSA) is 151 Å². The van der Waals surface area contributed by atoms with Gasteiger partial charge in [0.1, 0.15) is 23.4 Å². The minimum absolute atomic E-state index is 0.00103. The van der Waals surface area contributed by atoms with Crippen molar-refractivity contribution in [3.63, 3.8) is 0 Å². The molecule has 1 saturated carbocycles. The molecule has 2 atom stereocenters. The number of hydrogen-bond donors (Lipinski definition) is 4. The summed E-state index contributed by atoms with van der Waals surface area (Å²) in [6.45, 7) is 15.1. The number of halogens is 1. The van der Waals surface area contributed by atoms with E-state index in [1.807, 2.05) is 6.07 Å². The van der Waals surface area contributed by atoms with Crippen molar-refractivity contribution in [2.24, 2.45) is 5.92 Å². The summed E-state index contributed by atoms with van der Waals surface area (Å²) in [5.41, 5.74) is 3.32. The lowest BCUT2D eigenvalue weighted by molar-refractivity contribution is -0.167. The molecule has 64 heavy (non-hydrogen) atoms. The number of aromatic nitrogens is 1.